The van der Waals surface area contributed by atoms with E-state index in [0.717, 1.165) is 16.0 Å². The molecule has 0 saturated carbocycles. The van der Waals surface area contributed by atoms with Gasteiger partial charge in [0.2, 0.25) is 0 Å². The van der Waals surface area contributed by atoms with Crippen LogP contribution in [0.15, 0.2) is 72.1 Å². The molecule has 0 amide bonds. The smallest absolute Gasteiger partial charge is 0.337 e. The molecule has 0 atom stereocenters. The number of carboxylic acids is 1. The molecule has 4 heteroatoms. The largest absolute Gasteiger partial charge is 0.489 e. The first kappa shape index (κ1) is 16.0. The number of carboxylic acid groups (broad SMARTS) is 1. The highest BCUT2D eigenvalue weighted by Gasteiger charge is 2.11. The van der Waals surface area contributed by atoms with Gasteiger partial charge in [0.1, 0.15) is 12.4 Å². The van der Waals surface area contributed by atoms with Crippen molar-refractivity contribution in [2.24, 2.45) is 0 Å². The average Bonchev–Trinajstić information content (AvgIpc) is 3.13. The molecule has 120 valence electrons. The average molecular weight is 336 g/mol. The van der Waals surface area contributed by atoms with Crippen LogP contribution in [0.25, 0.3) is 11.6 Å². The maximum atomic E-state index is 11.5. The molecule has 0 aliphatic heterocycles. The van der Waals surface area contributed by atoms with Crippen molar-refractivity contribution >= 4 is 29.0 Å². The molecule has 0 radical (unpaired) electrons. The molecule has 1 aromatic heterocycles. The van der Waals surface area contributed by atoms with Crippen LogP contribution in [0, 0.1) is 0 Å². The zero-order chi connectivity index (χ0) is 16.8. The van der Waals surface area contributed by atoms with Gasteiger partial charge in [0.15, 0.2) is 0 Å². The Bertz CT molecular complexity index is 836. The van der Waals surface area contributed by atoms with E-state index in [1.807, 2.05) is 66.0 Å². The van der Waals surface area contributed by atoms with Crippen molar-refractivity contribution in [2.45, 2.75) is 6.61 Å². The van der Waals surface area contributed by atoms with Gasteiger partial charge in [-0.2, -0.15) is 0 Å². The van der Waals surface area contributed by atoms with Crippen LogP contribution in [0.5, 0.6) is 5.75 Å². The van der Waals surface area contributed by atoms with Crippen LogP contribution >= 0.6 is 11.3 Å². The minimum absolute atomic E-state index is 0.283. The lowest BCUT2D eigenvalue weighted by Crippen LogP contribution is -1.98. The van der Waals surface area contributed by atoms with Crippen LogP contribution in [-0.2, 0) is 11.4 Å². The van der Waals surface area contributed by atoms with Gasteiger partial charge in [-0.25, -0.2) is 4.79 Å². The molecule has 1 heterocycles. The van der Waals surface area contributed by atoms with Gasteiger partial charge >= 0.3 is 5.97 Å². The van der Waals surface area contributed by atoms with E-state index in [0.29, 0.717) is 12.4 Å². The molecule has 0 aliphatic rings. The monoisotopic (exact) mass is 336 g/mol. The summed E-state index contributed by atoms with van der Waals surface area (Å²) in [6.45, 7) is 0.477. The van der Waals surface area contributed by atoms with E-state index in [1.165, 1.54) is 11.3 Å². The van der Waals surface area contributed by atoms with Crippen molar-refractivity contribution in [3.63, 3.8) is 0 Å². The standard InChI is InChI=1S/C20H16O3S/c21-20(22)18(19-10-5-11-24-19)13-16-8-4-9-17(12-16)23-14-15-6-2-1-3-7-15/h1-13H,14H2,(H,21,22). The van der Waals surface area contributed by atoms with E-state index in [2.05, 4.69) is 0 Å². The van der Waals surface area contributed by atoms with Crippen molar-refractivity contribution in [3.8, 4) is 5.75 Å². The second-order valence-electron chi connectivity index (χ2n) is 5.19. The Morgan fingerprint density at radius 2 is 1.88 bits per heavy atom. The molecule has 0 spiro atoms. The predicted octanol–water partition coefficient (Wildman–Crippen LogP) is 4.95. The summed E-state index contributed by atoms with van der Waals surface area (Å²) < 4.78 is 5.79. The lowest BCUT2D eigenvalue weighted by atomic mass is 10.1. The highest BCUT2D eigenvalue weighted by Crippen LogP contribution is 2.24. The summed E-state index contributed by atoms with van der Waals surface area (Å²) in [6.07, 6.45) is 1.67. The first-order chi connectivity index (χ1) is 11.7. The van der Waals surface area contributed by atoms with Gasteiger partial charge in [-0.1, -0.05) is 48.5 Å². The van der Waals surface area contributed by atoms with Gasteiger partial charge in [0.25, 0.3) is 0 Å². The zero-order valence-corrected chi connectivity index (χ0v) is 13.7. The fraction of sp³-hybridized carbons (Fsp3) is 0.0500. The molecule has 3 nitrogen and oxygen atoms in total. The van der Waals surface area contributed by atoms with Crippen LogP contribution in [0.2, 0.25) is 0 Å². The number of aliphatic carboxylic acids is 1. The third kappa shape index (κ3) is 4.12. The topological polar surface area (TPSA) is 46.5 Å². The predicted molar refractivity (Wildman–Crippen MR) is 97.0 cm³/mol. The van der Waals surface area contributed by atoms with Crippen molar-refractivity contribution < 1.29 is 14.6 Å². The van der Waals surface area contributed by atoms with Gasteiger partial charge in [-0.15, -0.1) is 11.3 Å². The molecule has 0 fully saturated rings. The van der Waals surface area contributed by atoms with Gasteiger partial charge in [0.05, 0.1) is 5.57 Å². The minimum Gasteiger partial charge on any atom is -0.489 e. The molecule has 2 aromatic carbocycles. The highest BCUT2D eigenvalue weighted by molar-refractivity contribution is 7.11. The maximum absolute atomic E-state index is 11.5. The van der Waals surface area contributed by atoms with Crippen LogP contribution in [-0.4, -0.2) is 11.1 Å². The number of ether oxygens (including phenoxy) is 1. The summed E-state index contributed by atoms with van der Waals surface area (Å²) in [5, 5.41) is 11.3. The Balaban J connectivity index is 1.79. The lowest BCUT2D eigenvalue weighted by Gasteiger charge is -2.07. The Kier molecular flexibility index (Phi) is 5.08. The molecular formula is C20H16O3S. The zero-order valence-electron chi connectivity index (χ0n) is 12.9. The quantitative estimate of drug-likeness (QED) is 0.648. The lowest BCUT2D eigenvalue weighted by molar-refractivity contribution is -0.130. The Morgan fingerprint density at radius 3 is 2.58 bits per heavy atom. The van der Waals surface area contributed by atoms with Gasteiger partial charge < -0.3 is 9.84 Å². The fourth-order valence-corrected chi connectivity index (χ4v) is 3.01. The minimum atomic E-state index is -0.937. The van der Waals surface area contributed by atoms with Crippen molar-refractivity contribution in [3.05, 3.63) is 88.1 Å². The molecule has 24 heavy (non-hydrogen) atoms. The number of benzene rings is 2. The van der Waals surface area contributed by atoms with E-state index >= 15 is 0 Å². The molecule has 3 rings (SSSR count). The summed E-state index contributed by atoms with van der Waals surface area (Å²) in [6, 6.07) is 21.0. The van der Waals surface area contributed by atoms with E-state index < -0.39 is 5.97 Å². The summed E-state index contributed by atoms with van der Waals surface area (Å²) in [5.41, 5.74) is 2.17. The maximum Gasteiger partial charge on any atom is 0.337 e. The van der Waals surface area contributed by atoms with Crippen LogP contribution in [0.4, 0.5) is 0 Å². The van der Waals surface area contributed by atoms with Crippen molar-refractivity contribution in [1.29, 1.82) is 0 Å². The Hall–Kier alpha value is -2.85. The van der Waals surface area contributed by atoms with Crippen molar-refractivity contribution in [2.75, 3.05) is 0 Å². The number of hydrogen-bond acceptors (Lipinski definition) is 3. The van der Waals surface area contributed by atoms with Gasteiger partial charge in [-0.05, 0) is 40.8 Å². The van der Waals surface area contributed by atoms with Crippen molar-refractivity contribution in [1.82, 2.24) is 0 Å². The Morgan fingerprint density at radius 1 is 1.04 bits per heavy atom. The molecule has 1 N–H and O–H groups in total. The SMILES string of the molecule is O=C(O)C(=Cc1cccc(OCc2ccccc2)c1)c1cccs1. The number of carbonyl (C=O) groups is 1. The fourth-order valence-electron chi connectivity index (χ4n) is 2.27. The molecule has 0 saturated heterocycles. The van der Waals surface area contributed by atoms with Crippen LogP contribution < -0.4 is 4.74 Å². The molecule has 0 bridgehead atoms. The van der Waals surface area contributed by atoms with Crippen LogP contribution in [0.1, 0.15) is 16.0 Å². The molecule has 3 aromatic rings. The summed E-state index contributed by atoms with van der Waals surface area (Å²) in [4.78, 5) is 12.2. The third-order valence-electron chi connectivity index (χ3n) is 3.43. The van der Waals surface area contributed by atoms with Gasteiger partial charge in [-0.3, -0.25) is 0 Å². The normalized spacial score (nSPS) is 11.2. The summed E-state index contributed by atoms with van der Waals surface area (Å²) in [7, 11) is 0. The first-order valence-corrected chi connectivity index (χ1v) is 8.36. The molecule has 0 aliphatic carbocycles. The number of thiophene rings is 1. The van der Waals surface area contributed by atoms with Gasteiger partial charge in [0, 0.05) is 4.88 Å². The van der Waals surface area contributed by atoms with E-state index in [1.54, 1.807) is 12.1 Å². The third-order valence-corrected chi connectivity index (χ3v) is 4.34. The first-order valence-electron chi connectivity index (χ1n) is 7.48. The van der Waals surface area contributed by atoms with E-state index in [9.17, 15) is 9.90 Å². The Labute approximate surface area is 144 Å². The second kappa shape index (κ2) is 7.62. The second-order valence-corrected chi connectivity index (χ2v) is 6.13. The molecular weight excluding hydrogens is 320 g/mol. The number of rotatable bonds is 6. The van der Waals surface area contributed by atoms with E-state index in [-0.39, 0.29) is 5.57 Å². The van der Waals surface area contributed by atoms with E-state index in [4.69, 9.17) is 4.74 Å². The van der Waals surface area contributed by atoms with Crippen LogP contribution in [0.3, 0.4) is 0 Å². The summed E-state index contributed by atoms with van der Waals surface area (Å²) in [5.74, 6) is -0.225. The number of hydrogen-bond donors (Lipinski definition) is 1. The highest BCUT2D eigenvalue weighted by atomic mass is 32.1. The molecule has 0 unspecified atom stereocenters. The summed E-state index contributed by atoms with van der Waals surface area (Å²) >= 11 is 1.41.